The zero-order chi connectivity index (χ0) is 14.3. The van der Waals surface area contributed by atoms with Crippen LogP contribution >= 0.6 is 11.8 Å². The van der Waals surface area contributed by atoms with E-state index in [0.29, 0.717) is 6.42 Å². The Kier molecular flexibility index (Phi) is 6.80. The molecule has 1 amide bonds. The summed E-state index contributed by atoms with van der Waals surface area (Å²) in [6.45, 7) is 0.170. The fourth-order valence-corrected chi connectivity index (χ4v) is 2.08. The van der Waals surface area contributed by atoms with Gasteiger partial charge in [0.1, 0.15) is 11.6 Å². The highest BCUT2D eigenvalue weighted by Crippen LogP contribution is 2.12. The number of amides is 1. The summed E-state index contributed by atoms with van der Waals surface area (Å²) in [5, 5.41) is 2.59. The maximum Gasteiger partial charge on any atom is 0.236 e. The Morgan fingerprint density at radius 1 is 1.42 bits per heavy atom. The van der Waals surface area contributed by atoms with Crippen molar-refractivity contribution in [1.82, 2.24) is 5.32 Å². The highest BCUT2D eigenvalue weighted by molar-refractivity contribution is 7.98. The summed E-state index contributed by atoms with van der Waals surface area (Å²) in [5.74, 6) is -0.677. The third-order valence-corrected chi connectivity index (χ3v) is 3.35. The zero-order valence-corrected chi connectivity index (χ0v) is 11.6. The van der Waals surface area contributed by atoms with Gasteiger partial charge in [-0.15, -0.1) is 0 Å². The van der Waals surface area contributed by atoms with Crippen LogP contribution in [0, 0.1) is 11.6 Å². The summed E-state index contributed by atoms with van der Waals surface area (Å²) < 4.78 is 26.6. The van der Waals surface area contributed by atoms with Gasteiger partial charge in [-0.25, -0.2) is 8.78 Å². The second-order valence-electron chi connectivity index (χ2n) is 4.13. The molecule has 1 atom stereocenters. The molecule has 6 heteroatoms. The Morgan fingerprint density at radius 2 is 2.05 bits per heavy atom. The number of carbonyl (C=O) groups is 1. The van der Waals surface area contributed by atoms with Gasteiger partial charge in [-0.3, -0.25) is 4.79 Å². The molecule has 1 rings (SSSR count). The number of nitrogens with one attached hydrogen (secondary N) is 1. The minimum Gasteiger partial charge on any atom is -0.354 e. The summed E-state index contributed by atoms with van der Waals surface area (Å²) in [7, 11) is 0. The largest absolute Gasteiger partial charge is 0.354 e. The molecule has 0 aromatic heterocycles. The van der Waals surface area contributed by atoms with Crippen LogP contribution in [-0.4, -0.2) is 30.5 Å². The number of nitrogens with two attached hydrogens (primary N) is 1. The van der Waals surface area contributed by atoms with Crippen LogP contribution in [0.3, 0.4) is 0 Å². The zero-order valence-electron chi connectivity index (χ0n) is 10.8. The third-order valence-electron chi connectivity index (χ3n) is 2.71. The first kappa shape index (κ1) is 15.9. The molecule has 3 N–H and O–H groups in total. The summed E-state index contributed by atoms with van der Waals surface area (Å²) in [5.41, 5.74) is 5.66. The lowest BCUT2D eigenvalue weighted by Crippen LogP contribution is -2.41. The second kappa shape index (κ2) is 8.12. The van der Waals surface area contributed by atoms with E-state index in [9.17, 15) is 13.6 Å². The van der Waals surface area contributed by atoms with Crippen LogP contribution in [0.4, 0.5) is 8.78 Å². The van der Waals surface area contributed by atoms with Gasteiger partial charge in [-0.05, 0) is 37.0 Å². The van der Waals surface area contributed by atoms with E-state index in [1.807, 2.05) is 6.26 Å². The normalized spacial score (nSPS) is 12.2. The van der Waals surface area contributed by atoms with Crippen molar-refractivity contribution in [1.29, 1.82) is 0 Å². The van der Waals surface area contributed by atoms with Gasteiger partial charge in [0.2, 0.25) is 5.91 Å². The quantitative estimate of drug-likeness (QED) is 0.803. The topological polar surface area (TPSA) is 55.1 Å². The fraction of sp³-hybridized carbons (Fsp3) is 0.462. The summed E-state index contributed by atoms with van der Waals surface area (Å²) in [6, 6.07) is 3.14. The van der Waals surface area contributed by atoms with E-state index in [2.05, 4.69) is 5.32 Å². The average Bonchev–Trinajstić information content (AvgIpc) is 2.39. The van der Waals surface area contributed by atoms with Crippen LogP contribution < -0.4 is 11.1 Å². The molecule has 0 fully saturated rings. The molecule has 1 aromatic rings. The van der Waals surface area contributed by atoms with E-state index in [-0.39, 0.29) is 24.4 Å². The number of hydrogen-bond acceptors (Lipinski definition) is 3. The van der Waals surface area contributed by atoms with Crippen molar-refractivity contribution in [2.24, 2.45) is 5.73 Å². The summed E-state index contributed by atoms with van der Waals surface area (Å²) in [6.07, 6.45) is 2.63. The molecule has 0 radical (unpaired) electrons. The first-order valence-electron chi connectivity index (χ1n) is 6.01. The summed E-state index contributed by atoms with van der Waals surface area (Å²) >= 11 is 1.61. The van der Waals surface area contributed by atoms with Crippen LogP contribution in [0.2, 0.25) is 0 Å². The maximum absolute atomic E-state index is 13.3. The fourth-order valence-electron chi connectivity index (χ4n) is 1.59. The standard InChI is InChI=1S/C13H18F2N2OS/c1-19-8-6-12(16)13(18)17-7-5-9-10(14)3-2-4-11(9)15/h2-4,12H,5-8,16H2,1H3,(H,17,18)/t12-/m0/s1. The molecule has 1 aromatic carbocycles. The van der Waals surface area contributed by atoms with E-state index in [4.69, 9.17) is 5.73 Å². The Labute approximate surface area is 115 Å². The number of carbonyl (C=O) groups excluding carboxylic acids is 1. The number of halogens is 2. The molecule has 0 spiro atoms. The first-order valence-corrected chi connectivity index (χ1v) is 7.40. The first-order chi connectivity index (χ1) is 9.06. The number of thioether (sulfide) groups is 1. The van der Waals surface area contributed by atoms with Gasteiger partial charge in [-0.1, -0.05) is 6.07 Å². The van der Waals surface area contributed by atoms with Gasteiger partial charge in [0.25, 0.3) is 0 Å². The Bertz CT molecular complexity index is 409. The van der Waals surface area contributed by atoms with Crippen LogP contribution in [-0.2, 0) is 11.2 Å². The molecule has 0 saturated carbocycles. The predicted molar refractivity (Wildman–Crippen MR) is 74.0 cm³/mol. The van der Waals surface area contributed by atoms with Gasteiger partial charge in [0.15, 0.2) is 0 Å². The van der Waals surface area contributed by atoms with E-state index in [1.165, 1.54) is 18.2 Å². The lowest BCUT2D eigenvalue weighted by Gasteiger charge is -2.12. The Balaban J connectivity index is 2.40. The van der Waals surface area contributed by atoms with Crippen LogP contribution in [0.15, 0.2) is 18.2 Å². The van der Waals surface area contributed by atoms with Crippen LogP contribution in [0.25, 0.3) is 0 Å². The van der Waals surface area contributed by atoms with E-state index in [1.54, 1.807) is 11.8 Å². The minimum absolute atomic E-state index is 0.0134. The van der Waals surface area contributed by atoms with Crippen molar-refractivity contribution in [3.63, 3.8) is 0 Å². The molecular weight excluding hydrogens is 270 g/mol. The molecule has 106 valence electrons. The van der Waals surface area contributed by atoms with Crippen molar-refractivity contribution in [3.05, 3.63) is 35.4 Å². The lowest BCUT2D eigenvalue weighted by molar-refractivity contribution is -0.122. The highest BCUT2D eigenvalue weighted by Gasteiger charge is 2.13. The molecule has 0 bridgehead atoms. The molecule has 0 saturated heterocycles. The molecule has 3 nitrogen and oxygen atoms in total. The van der Waals surface area contributed by atoms with E-state index < -0.39 is 17.7 Å². The average molecular weight is 288 g/mol. The molecule has 0 unspecified atom stereocenters. The SMILES string of the molecule is CSCC[C@H](N)C(=O)NCCc1c(F)cccc1F. The van der Waals surface area contributed by atoms with Crippen molar-refractivity contribution in [3.8, 4) is 0 Å². The van der Waals surface area contributed by atoms with Gasteiger partial charge in [-0.2, -0.15) is 11.8 Å². The van der Waals surface area contributed by atoms with Gasteiger partial charge < -0.3 is 11.1 Å². The minimum atomic E-state index is -0.596. The van der Waals surface area contributed by atoms with Gasteiger partial charge >= 0.3 is 0 Å². The Morgan fingerprint density at radius 3 is 2.63 bits per heavy atom. The molecular formula is C13H18F2N2OS. The highest BCUT2D eigenvalue weighted by atomic mass is 32.2. The smallest absolute Gasteiger partial charge is 0.236 e. The van der Waals surface area contributed by atoms with Crippen molar-refractivity contribution in [2.45, 2.75) is 18.9 Å². The molecule has 0 aliphatic heterocycles. The van der Waals surface area contributed by atoms with Crippen LogP contribution in [0.1, 0.15) is 12.0 Å². The summed E-state index contributed by atoms with van der Waals surface area (Å²) in [4.78, 5) is 11.6. The predicted octanol–water partition coefficient (Wildman–Crippen LogP) is 1.70. The number of benzene rings is 1. The third kappa shape index (κ3) is 5.16. The molecule has 0 aliphatic carbocycles. The number of hydrogen-bond donors (Lipinski definition) is 2. The van der Waals surface area contributed by atoms with Gasteiger partial charge in [0, 0.05) is 12.1 Å². The maximum atomic E-state index is 13.3. The molecule has 0 aliphatic rings. The number of rotatable bonds is 7. The van der Waals surface area contributed by atoms with Gasteiger partial charge in [0.05, 0.1) is 6.04 Å². The monoisotopic (exact) mass is 288 g/mol. The molecule has 0 heterocycles. The Hall–Kier alpha value is -1.14. The lowest BCUT2D eigenvalue weighted by atomic mass is 10.1. The second-order valence-corrected chi connectivity index (χ2v) is 5.11. The van der Waals surface area contributed by atoms with Crippen molar-refractivity contribution >= 4 is 17.7 Å². The molecule has 19 heavy (non-hydrogen) atoms. The van der Waals surface area contributed by atoms with Crippen molar-refractivity contribution in [2.75, 3.05) is 18.6 Å². The van der Waals surface area contributed by atoms with E-state index in [0.717, 1.165) is 5.75 Å². The van der Waals surface area contributed by atoms with Crippen molar-refractivity contribution < 1.29 is 13.6 Å². The van der Waals surface area contributed by atoms with E-state index >= 15 is 0 Å². The van der Waals surface area contributed by atoms with Crippen LogP contribution in [0.5, 0.6) is 0 Å².